The van der Waals surface area contributed by atoms with Crippen molar-refractivity contribution in [3.8, 4) is 0 Å². The van der Waals surface area contributed by atoms with Gasteiger partial charge in [0.25, 0.3) is 0 Å². The Morgan fingerprint density at radius 3 is 3.24 bits per heavy atom. The number of aromatic nitrogens is 2. The number of fused-ring (bicyclic) bond motifs is 1. The fraction of sp³-hybridized carbons (Fsp3) is 0.462. The van der Waals surface area contributed by atoms with Crippen LogP contribution in [0.3, 0.4) is 0 Å². The van der Waals surface area contributed by atoms with Gasteiger partial charge in [-0.05, 0) is 49.1 Å². The summed E-state index contributed by atoms with van der Waals surface area (Å²) in [6.07, 6.45) is 8.57. The lowest BCUT2D eigenvalue weighted by molar-refractivity contribution is 0.646. The molecule has 0 aliphatic heterocycles. The number of nitrogens with one attached hydrogen (secondary N) is 2. The van der Waals surface area contributed by atoms with Crippen LogP contribution in [-0.4, -0.2) is 28.5 Å². The summed E-state index contributed by atoms with van der Waals surface area (Å²) in [7, 11) is 0. The van der Waals surface area contributed by atoms with E-state index in [1.165, 1.54) is 29.5 Å². The molecule has 4 heteroatoms. The monoisotopic (exact) mass is 249 g/mol. The first kappa shape index (κ1) is 12.5. The quantitative estimate of drug-likeness (QED) is 0.741. The topological polar surface area (TPSA) is 40.7 Å². The second-order valence-electron chi connectivity index (χ2n) is 4.09. The zero-order valence-corrected chi connectivity index (χ0v) is 11.0. The molecule has 0 spiro atoms. The number of aromatic amines is 1. The third-order valence-corrected chi connectivity index (χ3v) is 3.50. The molecule has 92 valence electrons. The molecule has 0 bridgehead atoms. The molecule has 0 aliphatic rings. The van der Waals surface area contributed by atoms with Crippen LogP contribution in [0.25, 0.3) is 11.0 Å². The molecule has 2 N–H and O–H groups in total. The smallest absolute Gasteiger partial charge is 0.137 e. The summed E-state index contributed by atoms with van der Waals surface area (Å²) in [5, 5.41) is 4.71. The molecule has 17 heavy (non-hydrogen) atoms. The summed E-state index contributed by atoms with van der Waals surface area (Å²) in [5.74, 6) is 1.26. The molecule has 0 unspecified atom stereocenters. The van der Waals surface area contributed by atoms with E-state index in [9.17, 15) is 0 Å². The predicted octanol–water partition coefficient (Wildman–Crippen LogP) is 2.80. The van der Waals surface area contributed by atoms with Crippen LogP contribution in [0, 0.1) is 0 Å². The van der Waals surface area contributed by atoms with Crippen LogP contribution < -0.4 is 5.32 Å². The Morgan fingerprint density at radius 2 is 2.35 bits per heavy atom. The van der Waals surface area contributed by atoms with Crippen molar-refractivity contribution in [1.29, 1.82) is 0 Å². The molecule has 0 saturated carbocycles. The molecule has 2 heterocycles. The zero-order valence-electron chi connectivity index (χ0n) is 10.2. The summed E-state index contributed by atoms with van der Waals surface area (Å²) in [4.78, 5) is 7.48. The molecule has 0 fully saturated rings. The standard InChI is InChI=1S/C13H19N3S/c1-17-8-3-2-6-14-9-11-10-16-13-12(11)5-4-7-15-13/h4-5,7,10,14H,2-3,6,8-9H2,1H3,(H,15,16). The average molecular weight is 249 g/mol. The molecule has 0 atom stereocenters. The van der Waals surface area contributed by atoms with Gasteiger partial charge in [-0.25, -0.2) is 4.98 Å². The summed E-state index contributed by atoms with van der Waals surface area (Å²) >= 11 is 1.92. The maximum absolute atomic E-state index is 4.28. The van der Waals surface area contributed by atoms with Crippen molar-refractivity contribution in [2.75, 3.05) is 18.6 Å². The number of hydrogen-bond donors (Lipinski definition) is 2. The number of hydrogen-bond acceptors (Lipinski definition) is 3. The van der Waals surface area contributed by atoms with Gasteiger partial charge in [0.1, 0.15) is 5.65 Å². The van der Waals surface area contributed by atoms with Gasteiger partial charge in [-0.3, -0.25) is 0 Å². The van der Waals surface area contributed by atoms with E-state index in [2.05, 4.69) is 27.6 Å². The predicted molar refractivity (Wildman–Crippen MR) is 75.4 cm³/mol. The van der Waals surface area contributed by atoms with Crippen LogP contribution in [-0.2, 0) is 6.54 Å². The van der Waals surface area contributed by atoms with Crippen molar-refractivity contribution in [1.82, 2.24) is 15.3 Å². The Kier molecular flexibility index (Phi) is 4.88. The van der Waals surface area contributed by atoms with E-state index in [0.29, 0.717) is 0 Å². The number of pyridine rings is 1. The van der Waals surface area contributed by atoms with E-state index >= 15 is 0 Å². The van der Waals surface area contributed by atoms with Gasteiger partial charge in [-0.1, -0.05) is 0 Å². The number of unbranched alkanes of at least 4 members (excludes halogenated alkanes) is 1. The highest BCUT2D eigenvalue weighted by Gasteiger charge is 2.02. The Hall–Kier alpha value is -1.00. The SMILES string of the molecule is CSCCCCNCc1c[nH]c2ncccc12. The van der Waals surface area contributed by atoms with Crippen LogP contribution in [0.5, 0.6) is 0 Å². The van der Waals surface area contributed by atoms with Gasteiger partial charge in [0, 0.05) is 24.3 Å². The highest BCUT2D eigenvalue weighted by Crippen LogP contribution is 2.14. The third kappa shape index (κ3) is 3.48. The largest absolute Gasteiger partial charge is 0.346 e. The average Bonchev–Trinajstić information content (AvgIpc) is 2.77. The molecule has 2 rings (SSSR count). The number of thioether (sulfide) groups is 1. The number of nitrogens with zero attached hydrogens (tertiary/aromatic N) is 1. The van der Waals surface area contributed by atoms with E-state index in [0.717, 1.165) is 18.7 Å². The second kappa shape index (κ2) is 6.67. The molecule has 2 aromatic rings. The van der Waals surface area contributed by atoms with Crippen molar-refractivity contribution in [2.24, 2.45) is 0 Å². The number of rotatable bonds is 7. The third-order valence-electron chi connectivity index (χ3n) is 2.80. The fourth-order valence-corrected chi connectivity index (χ4v) is 2.37. The lowest BCUT2D eigenvalue weighted by Gasteiger charge is -2.03. The van der Waals surface area contributed by atoms with E-state index < -0.39 is 0 Å². The molecule has 0 aromatic carbocycles. The van der Waals surface area contributed by atoms with E-state index in [1.54, 1.807) is 0 Å². The van der Waals surface area contributed by atoms with Crippen molar-refractivity contribution < 1.29 is 0 Å². The van der Waals surface area contributed by atoms with Gasteiger partial charge in [0.2, 0.25) is 0 Å². The first-order valence-corrected chi connectivity index (χ1v) is 7.42. The van der Waals surface area contributed by atoms with Crippen molar-refractivity contribution in [3.05, 3.63) is 30.1 Å². The van der Waals surface area contributed by atoms with Crippen LogP contribution in [0.1, 0.15) is 18.4 Å². The normalized spacial score (nSPS) is 11.1. The van der Waals surface area contributed by atoms with Gasteiger partial charge in [-0.2, -0.15) is 11.8 Å². The van der Waals surface area contributed by atoms with Crippen molar-refractivity contribution in [2.45, 2.75) is 19.4 Å². The molecular formula is C13H19N3S. The van der Waals surface area contributed by atoms with Gasteiger partial charge in [0.05, 0.1) is 0 Å². The van der Waals surface area contributed by atoms with E-state index in [1.807, 2.05) is 30.2 Å². The summed E-state index contributed by atoms with van der Waals surface area (Å²) < 4.78 is 0. The first-order valence-electron chi connectivity index (χ1n) is 6.02. The molecule has 0 aliphatic carbocycles. The number of H-pyrrole nitrogens is 1. The molecular weight excluding hydrogens is 230 g/mol. The van der Waals surface area contributed by atoms with Crippen molar-refractivity contribution in [3.63, 3.8) is 0 Å². The zero-order chi connectivity index (χ0) is 11.9. The Morgan fingerprint density at radius 1 is 1.41 bits per heavy atom. The summed E-state index contributed by atoms with van der Waals surface area (Å²) in [5.41, 5.74) is 2.28. The Bertz CT molecular complexity index is 453. The first-order chi connectivity index (χ1) is 8.42. The summed E-state index contributed by atoms with van der Waals surface area (Å²) in [6, 6.07) is 4.10. The Labute approximate surface area is 106 Å². The minimum Gasteiger partial charge on any atom is -0.346 e. The van der Waals surface area contributed by atoms with Crippen LogP contribution in [0.4, 0.5) is 0 Å². The van der Waals surface area contributed by atoms with E-state index in [4.69, 9.17) is 0 Å². The van der Waals surface area contributed by atoms with Gasteiger partial charge >= 0.3 is 0 Å². The van der Waals surface area contributed by atoms with Gasteiger partial charge in [0.15, 0.2) is 0 Å². The highest BCUT2D eigenvalue weighted by atomic mass is 32.2. The lowest BCUT2D eigenvalue weighted by atomic mass is 10.2. The maximum Gasteiger partial charge on any atom is 0.137 e. The van der Waals surface area contributed by atoms with Crippen molar-refractivity contribution >= 4 is 22.8 Å². The van der Waals surface area contributed by atoms with Gasteiger partial charge in [-0.15, -0.1) is 0 Å². The molecule has 2 aromatic heterocycles. The van der Waals surface area contributed by atoms with E-state index in [-0.39, 0.29) is 0 Å². The van der Waals surface area contributed by atoms with Crippen LogP contribution in [0.2, 0.25) is 0 Å². The fourth-order valence-electron chi connectivity index (χ4n) is 1.88. The van der Waals surface area contributed by atoms with Gasteiger partial charge < -0.3 is 10.3 Å². The Balaban J connectivity index is 1.79. The second-order valence-corrected chi connectivity index (χ2v) is 5.08. The molecule has 0 radical (unpaired) electrons. The minimum absolute atomic E-state index is 0.922. The van der Waals surface area contributed by atoms with Crippen LogP contribution in [0.15, 0.2) is 24.5 Å². The maximum atomic E-state index is 4.28. The lowest BCUT2D eigenvalue weighted by Crippen LogP contribution is -2.14. The minimum atomic E-state index is 0.922. The summed E-state index contributed by atoms with van der Waals surface area (Å²) in [6.45, 7) is 2.01. The molecule has 0 amide bonds. The molecule has 0 saturated heterocycles. The van der Waals surface area contributed by atoms with Crippen LogP contribution >= 0.6 is 11.8 Å². The molecule has 3 nitrogen and oxygen atoms in total. The highest BCUT2D eigenvalue weighted by molar-refractivity contribution is 7.98.